The van der Waals surface area contributed by atoms with Crippen molar-refractivity contribution in [3.8, 4) is 5.75 Å². The molecule has 0 radical (unpaired) electrons. The van der Waals surface area contributed by atoms with Gasteiger partial charge in [-0.15, -0.1) is 0 Å². The molecule has 3 amide bonds. The smallest absolute Gasteiger partial charge is 0.338 e. The van der Waals surface area contributed by atoms with Crippen LogP contribution in [0.15, 0.2) is 82.6 Å². The summed E-state index contributed by atoms with van der Waals surface area (Å²) >= 11 is 2.10. The number of nitrogens with zero attached hydrogens (tertiary/aromatic N) is 1. The van der Waals surface area contributed by atoms with Crippen LogP contribution in [0, 0.1) is 5.92 Å². The third kappa shape index (κ3) is 6.36. The molecular weight excluding hydrogens is 659 g/mol. The highest BCUT2D eigenvalue weighted by molar-refractivity contribution is 8.00. The van der Waals surface area contributed by atoms with Crippen LogP contribution in [-0.4, -0.2) is 59.7 Å². The van der Waals surface area contributed by atoms with E-state index in [1.165, 1.54) is 24.3 Å². The van der Waals surface area contributed by atoms with Crippen LogP contribution in [0.3, 0.4) is 0 Å². The van der Waals surface area contributed by atoms with Crippen LogP contribution in [0.1, 0.15) is 50.9 Å². The van der Waals surface area contributed by atoms with E-state index in [4.69, 9.17) is 14.2 Å². The van der Waals surface area contributed by atoms with E-state index in [2.05, 4.69) is 10.3 Å². The van der Waals surface area contributed by atoms with E-state index in [9.17, 15) is 28.8 Å². The number of anilines is 2. The number of hydrogen-bond acceptors (Lipinski definition) is 11. The predicted octanol–water partition coefficient (Wildman–Crippen LogP) is 4.60. The Morgan fingerprint density at radius 3 is 2.10 bits per heavy atom. The Morgan fingerprint density at radius 1 is 0.833 bits per heavy atom. The fraction of sp³-hybridized carbons (Fsp3) is 0.235. The molecular formula is C34H29N3O9S2. The van der Waals surface area contributed by atoms with Gasteiger partial charge in [-0.25, -0.2) is 14.5 Å². The SMILES string of the molecule is CCOC(=O)c1ccc(NC(=O)COc2ccccc2[C@@H]2c3sc(=O)[nH]c3S[C@H]3C(=O)N(c4ccc(C(=O)OCC)cc4)C(=O)[C@@H]23)cc1. The first-order valence-electron chi connectivity index (χ1n) is 15.0. The molecule has 3 heterocycles. The van der Waals surface area contributed by atoms with Crippen molar-refractivity contribution in [1.29, 1.82) is 0 Å². The van der Waals surface area contributed by atoms with Crippen LogP contribution in [0.25, 0.3) is 0 Å². The summed E-state index contributed by atoms with van der Waals surface area (Å²) in [6.45, 7) is 3.48. The maximum absolute atomic E-state index is 14.1. The molecule has 4 aromatic rings. The van der Waals surface area contributed by atoms with E-state index < -0.39 is 46.7 Å². The highest BCUT2D eigenvalue weighted by Crippen LogP contribution is 2.54. The largest absolute Gasteiger partial charge is 0.483 e. The molecule has 2 N–H and O–H groups in total. The summed E-state index contributed by atoms with van der Waals surface area (Å²) in [6, 6.07) is 19.2. The minimum atomic E-state index is -0.886. The van der Waals surface area contributed by atoms with Gasteiger partial charge in [0.25, 0.3) is 5.91 Å². The number of fused-ring (bicyclic) bond motifs is 2. The molecule has 48 heavy (non-hydrogen) atoms. The van der Waals surface area contributed by atoms with Crippen molar-refractivity contribution in [2.75, 3.05) is 30.0 Å². The number of H-pyrrole nitrogens is 1. The maximum atomic E-state index is 14.1. The second kappa shape index (κ2) is 13.9. The number of aromatic amines is 1. The van der Waals surface area contributed by atoms with Gasteiger partial charge in [-0.2, -0.15) is 0 Å². The van der Waals surface area contributed by atoms with Crippen molar-refractivity contribution in [2.45, 2.75) is 30.0 Å². The van der Waals surface area contributed by atoms with Crippen molar-refractivity contribution in [1.82, 2.24) is 4.98 Å². The lowest BCUT2D eigenvalue weighted by atomic mass is 9.82. The Labute approximate surface area is 282 Å². The van der Waals surface area contributed by atoms with Gasteiger partial charge in [0.2, 0.25) is 11.8 Å². The molecule has 1 aromatic heterocycles. The lowest BCUT2D eigenvalue weighted by Crippen LogP contribution is -2.32. The van der Waals surface area contributed by atoms with Crippen LogP contribution in [0.4, 0.5) is 11.4 Å². The quantitative estimate of drug-likeness (QED) is 0.178. The fourth-order valence-corrected chi connectivity index (χ4v) is 8.19. The van der Waals surface area contributed by atoms with E-state index in [1.807, 2.05) is 0 Å². The molecule has 0 unspecified atom stereocenters. The molecule has 0 spiro atoms. The van der Waals surface area contributed by atoms with Gasteiger partial charge in [-0.3, -0.25) is 19.2 Å². The normalized spacial score (nSPS) is 18.1. The second-order valence-corrected chi connectivity index (χ2v) is 12.9. The fourth-order valence-electron chi connectivity index (χ4n) is 5.68. The topological polar surface area (TPSA) is 161 Å². The summed E-state index contributed by atoms with van der Waals surface area (Å²) in [5, 5.41) is 2.37. The number of para-hydroxylation sites is 1. The number of ether oxygens (including phenoxy) is 3. The summed E-state index contributed by atoms with van der Waals surface area (Å²) < 4.78 is 16.0. The number of thiazole rings is 1. The molecule has 0 saturated carbocycles. The monoisotopic (exact) mass is 687 g/mol. The molecule has 14 heteroatoms. The number of rotatable bonds is 10. The Kier molecular flexibility index (Phi) is 9.46. The minimum absolute atomic E-state index is 0.208. The van der Waals surface area contributed by atoms with Crippen LogP contribution in [0.2, 0.25) is 0 Å². The number of carbonyl (C=O) groups is 5. The summed E-state index contributed by atoms with van der Waals surface area (Å²) in [6.07, 6.45) is 0. The number of esters is 2. The summed E-state index contributed by atoms with van der Waals surface area (Å²) in [5.74, 6) is -3.67. The highest BCUT2D eigenvalue weighted by Gasteiger charge is 2.56. The second-order valence-electron chi connectivity index (χ2n) is 10.7. The number of hydrogen-bond donors (Lipinski definition) is 2. The zero-order valence-corrected chi connectivity index (χ0v) is 27.4. The van der Waals surface area contributed by atoms with Gasteiger partial charge in [-0.05, 0) is 68.4 Å². The standard InChI is InChI=1S/C34H29N3O9S2/c1-3-44-32(41)18-9-13-20(14-10-18)35-24(38)17-46-23-8-6-5-7-22(23)25-26-28(47-29-27(25)48-34(43)36-29)31(40)37(30(26)39)21-15-11-19(12-16-21)33(42)45-4-2/h5-16,25-26,28H,3-4,17H2,1-2H3,(H,35,38)(H,36,43)/t25-,26-,28+/m0/s1. The zero-order chi connectivity index (χ0) is 33.9. The number of amides is 3. The van der Waals surface area contributed by atoms with Gasteiger partial charge >= 0.3 is 16.8 Å². The molecule has 3 atom stereocenters. The molecule has 246 valence electrons. The molecule has 1 saturated heterocycles. The van der Waals surface area contributed by atoms with Crippen LogP contribution in [-0.2, 0) is 23.9 Å². The Hall–Kier alpha value is -5.21. The number of carbonyl (C=O) groups excluding carboxylic acids is 5. The first-order valence-corrected chi connectivity index (χ1v) is 16.7. The lowest BCUT2D eigenvalue weighted by Gasteiger charge is -2.30. The average Bonchev–Trinajstić information content (AvgIpc) is 3.58. The van der Waals surface area contributed by atoms with Crippen LogP contribution < -0.4 is 19.8 Å². The number of thioether (sulfide) groups is 1. The summed E-state index contributed by atoms with van der Waals surface area (Å²) in [4.78, 5) is 81.6. The Bertz CT molecular complexity index is 1950. The van der Waals surface area contributed by atoms with E-state index >= 15 is 0 Å². The van der Waals surface area contributed by atoms with Gasteiger partial charge in [0.15, 0.2) is 6.61 Å². The molecule has 3 aromatic carbocycles. The third-order valence-corrected chi connectivity index (χ3v) is 10.2. The predicted molar refractivity (Wildman–Crippen MR) is 178 cm³/mol. The maximum Gasteiger partial charge on any atom is 0.338 e. The Balaban J connectivity index is 1.25. The number of benzene rings is 3. The number of nitrogens with one attached hydrogen (secondary N) is 2. The molecule has 2 aliphatic heterocycles. The van der Waals surface area contributed by atoms with Gasteiger partial charge in [-0.1, -0.05) is 41.3 Å². The zero-order valence-electron chi connectivity index (χ0n) is 25.7. The van der Waals surface area contributed by atoms with E-state index in [1.54, 1.807) is 62.4 Å². The van der Waals surface area contributed by atoms with E-state index in [-0.39, 0.29) is 30.3 Å². The number of imide groups is 1. The van der Waals surface area contributed by atoms with Gasteiger partial charge in [0.05, 0.1) is 41.0 Å². The van der Waals surface area contributed by atoms with Crippen LogP contribution in [0.5, 0.6) is 5.75 Å². The third-order valence-electron chi connectivity index (χ3n) is 7.75. The van der Waals surface area contributed by atoms with Gasteiger partial charge in [0.1, 0.15) is 11.0 Å². The van der Waals surface area contributed by atoms with Gasteiger partial charge in [0, 0.05) is 22.0 Å². The van der Waals surface area contributed by atoms with Gasteiger partial charge < -0.3 is 24.5 Å². The first kappa shape index (κ1) is 32.7. The van der Waals surface area contributed by atoms with E-state index in [0.717, 1.165) is 28.0 Å². The van der Waals surface area contributed by atoms with Crippen LogP contribution >= 0.6 is 23.1 Å². The summed E-state index contributed by atoms with van der Waals surface area (Å²) in [5.41, 5.74) is 1.93. The Morgan fingerprint density at radius 2 is 1.46 bits per heavy atom. The molecule has 0 aliphatic carbocycles. The number of aromatic nitrogens is 1. The highest BCUT2D eigenvalue weighted by atomic mass is 32.2. The molecule has 1 fully saturated rings. The van der Waals surface area contributed by atoms with E-state index in [0.29, 0.717) is 38.2 Å². The average molecular weight is 688 g/mol. The van der Waals surface area contributed by atoms with Crippen molar-refractivity contribution in [3.63, 3.8) is 0 Å². The van der Waals surface area contributed by atoms with Crippen molar-refractivity contribution < 1.29 is 38.2 Å². The molecule has 12 nitrogen and oxygen atoms in total. The van der Waals surface area contributed by atoms with Crippen molar-refractivity contribution in [3.05, 3.63) is 104 Å². The molecule has 2 aliphatic rings. The van der Waals surface area contributed by atoms with Crippen molar-refractivity contribution in [2.24, 2.45) is 5.92 Å². The first-order chi connectivity index (χ1) is 23.2. The minimum Gasteiger partial charge on any atom is -0.483 e. The lowest BCUT2D eigenvalue weighted by molar-refractivity contribution is -0.122. The molecule has 6 rings (SSSR count). The molecule has 0 bridgehead atoms. The summed E-state index contributed by atoms with van der Waals surface area (Å²) in [7, 11) is 0. The van der Waals surface area contributed by atoms with Crippen molar-refractivity contribution >= 4 is 64.1 Å².